The van der Waals surface area contributed by atoms with Crippen LogP contribution in [0.1, 0.15) is 25.8 Å². The van der Waals surface area contributed by atoms with E-state index in [9.17, 15) is 9.59 Å². The number of anilines is 1. The molecule has 2 amide bonds. The van der Waals surface area contributed by atoms with Gasteiger partial charge in [-0.15, -0.1) is 0 Å². The van der Waals surface area contributed by atoms with Crippen LogP contribution in [0.5, 0.6) is 0 Å². The number of nitrogens with one attached hydrogen (secondary N) is 2. The number of aliphatic hydroxyl groups is 1. The van der Waals surface area contributed by atoms with Gasteiger partial charge in [0.25, 0.3) is 0 Å². The van der Waals surface area contributed by atoms with E-state index >= 15 is 0 Å². The van der Waals surface area contributed by atoms with Gasteiger partial charge in [0, 0.05) is 12.6 Å². The molecule has 6 heteroatoms. The molecule has 5 nitrogen and oxygen atoms in total. The van der Waals surface area contributed by atoms with Crippen molar-refractivity contribution in [1.29, 1.82) is 0 Å². The van der Waals surface area contributed by atoms with Crippen molar-refractivity contribution in [3.8, 4) is 0 Å². The van der Waals surface area contributed by atoms with Crippen LogP contribution in [0.4, 0.5) is 5.69 Å². The van der Waals surface area contributed by atoms with Gasteiger partial charge in [0.15, 0.2) is 0 Å². The Hall–Kier alpha value is -1.59. The second kappa shape index (κ2) is 8.00. The minimum absolute atomic E-state index is 0.0472. The Morgan fingerprint density at radius 3 is 2.52 bits per heavy atom. The summed E-state index contributed by atoms with van der Waals surface area (Å²) in [5.41, 5.74) is 1.22. The zero-order valence-corrected chi connectivity index (χ0v) is 13.2. The first kappa shape index (κ1) is 17.5. The lowest BCUT2D eigenvalue weighted by Gasteiger charge is -2.21. The van der Waals surface area contributed by atoms with Gasteiger partial charge in [-0.2, -0.15) is 0 Å². The van der Waals surface area contributed by atoms with Crippen molar-refractivity contribution in [3.63, 3.8) is 0 Å². The molecule has 0 saturated carbocycles. The summed E-state index contributed by atoms with van der Waals surface area (Å²) in [6, 6.07) is 4.95. The average molecular weight is 313 g/mol. The highest BCUT2D eigenvalue weighted by Crippen LogP contribution is 2.24. The van der Waals surface area contributed by atoms with E-state index in [0.29, 0.717) is 17.1 Å². The summed E-state index contributed by atoms with van der Waals surface area (Å²) in [4.78, 5) is 23.8. The number of hydrogen-bond donors (Lipinski definition) is 3. The molecule has 0 heterocycles. The van der Waals surface area contributed by atoms with Gasteiger partial charge >= 0.3 is 11.8 Å². The number of rotatable bonds is 5. The molecule has 1 rings (SSSR count). The Morgan fingerprint density at radius 1 is 1.29 bits per heavy atom. The number of halogens is 1. The third kappa shape index (κ3) is 5.02. The standard InChI is InChI=1S/C15H21ClN2O3/c1-9(2)11(7-8-19)17-14(20)15(21)18-12-6-4-5-10(3)13(12)16/h4-6,9,11,19H,7-8H2,1-3H3,(H,17,20)(H,18,21). The van der Waals surface area contributed by atoms with Crippen molar-refractivity contribution in [2.75, 3.05) is 11.9 Å². The van der Waals surface area contributed by atoms with Crippen molar-refractivity contribution in [2.24, 2.45) is 5.92 Å². The third-order valence-corrected chi connectivity index (χ3v) is 3.71. The van der Waals surface area contributed by atoms with Crippen molar-refractivity contribution in [2.45, 2.75) is 33.2 Å². The Bertz CT molecular complexity index is 518. The summed E-state index contributed by atoms with van der Waals surface area (Å²) in [6.07, 6.45) is 0.405. The summed E-state index contributed by atoms with van der Waals surface area (Å²) in [7, 11) is 0. The van der Waals surface area contributed by atoms with E-state index in [4.69, 9.17) is 16.7 Å². The molecule has 0 radical (unpaired) electrons. The SMILES string of the molecule is Cc1cccc(NC(=O)C(=O)NC(CCO)C(C)C)c1Cl. The molecule has 1 atom stereocenters. The predicted octanol–water partition coefficient (Wildman–Crippen LogP) is 2.11. The lowest BCUT2D eigenvalue weighted by Crippen LogP contribution is -2.44. The van der Waals surface area contributed by atoms with Gasteiger partial charge in [0.1, 0.15) is 0 Å². The molecule has 1 aromatic carbocycles. The molecule has 0 bridgehead atoms. The molecule has 0 aliphatic carbocycles. The second-order valence-electron chi connectivity index (χ2n) is 5.23. The minimum atomic E-state index is -0.772. The van der Waals surface area contributed by atoms with Crippen LogP contribution in [0.3, 0.4) is 0 Å². The van der Waals surface area contributed by atoms with E-state index in [0.717, 1.165) is 5.56 Å². The molecule has 116 valence electrons. The Kier molecular flexibility index (Phi) is 6.65. The molecule has 0 spiro atoms. The van der Waals surface area contributed by atoms with Gasteiger partial charge in [0.2, 0.25) is 0 Å². The summed E-state index contributed by atoms with van der Waals surface area (Å²) >= 11 is 6.07. The molecule has 21 heavy (non-hydrogen) atoms. The fourth-order valence-corrected chi connectivity index (χ4v) is 2.04. The highest BCUT2D eigenvalue weighted by Gasteiger charge is 2.21. The minimum Gasteiger partial charge on any atom is -0.396 e. The number of hydrogen-bond acceptors (Lipinski definition) is 3. The van der Waals surface area contributed by atoms with Crippen LogP contribution in [0, 0.1) is 12.8 Å². The van der Waals surface area contributed by atoms with Crippen LogP contribution >= 0.6 is 11.6 Å². The maximum atomic E-state index is 11.9. The van der Waals surface area contributed by atoms with E-state index in [1.54, 1.807) is 12.1 Å². The lowest BCUT2D eigenvalue weighted by atomic mass is 10.0. The molecule has 0 fully saturated rings. The van der Waals surface area contributed by atoms with Gasteiger partial charge in [-0.3, -0.25) is 9.59 Å². The van der Waals surface area contributed by atoms with E-state index < -0.39 is 11.8 Å². The number of amides is 2. The summed E-state index contributed by atoms with van der Waals surface area (Å²) in [5, 5.41) is 14.5. The molecule has 0 aliphatic rings. The zero-order valence-electron chi connectivity index (χ0n) is 12.4. The molecular formula is C15H21ClN2O3. The molecule has 0 aliphatic heterocycles. The van der Waals surface area contributed by atoms with Crippen molar-refractivity contribution in [1.82, 2.24) is 5.32 Å². The molecule has 1 unspecified atom stereocenters. The lowest BCUT2D eigenvalue weighted by molar-refractivity contribution is -0.136. The Morgan fingerprint density at radius 2 is 1.95 bits per heavy atom. The number of aryl methyl sites for hydroxylation is 1. The summed E-state index contributed by atoms with van der Waals surface area (Å²) in [6.45, 7) is 5.59. The van der Waals surface area contributed by atoms with Gasteiger partial charge in [-0.05, 0) is 30.9 Å². The van der Waals surface area contributed by atoms with Crippen LogP contribution in [0.2, 0.25) is 5.02 Å². The van der Waals surface area contributed by atoms with Gasteiger partial charge in [0.05, 0.1) is 10.7 Å². The quantitative estimate of drug-likeness (QED) is 0.729. The summed E-state index contributed by atoms with van der Waals surface area (Å²) < 4.78 is 0. The fraction of sp³-hybridized carbons (Fsp3) is 0.467. The van der Waals surface area contributed by atoms with Crippen LogP contribution in [-0.4, -0.2) is 29.6 Å². The molecule has 0 aromatic heterocycles. The molecule has 1 aromatic rings. The topological polar surface area (TPSA) is 78.4 Å². The normalized spacial score (nSPS) is 12.1. The summed E-state index contributed by atoms with van der Waals surface area (Å²) in [5.74, 6) is -1.39. The largest absolute Gasteiger partial charge is 0.396 e. The smallest absolute Gasteiger partial charge is 0.313 e. The van der Waals surface area contributed by atoms with Crippen molar-refractivity contribution in [3.05, 3.63) is 28.8 Å². The van der Waals surface area contributed by atoms with Crippen molar-refractivity contribution >= 4 is 29.1 Å². The maximum absolute atomic E-state index is 11.9. The number of carbonyl (C=O) groups is 2. The van der Waals surface area contributed by atoms with Crippen LogP contribution in [0.15, 0.2) is 18.2 Å². The molecular weight excluding hydrogens is 292 g/mol. The first-order valence-electron chi connectivity index (χ1n) is 6.84. The Labute approximate surface area is 129 Å². The number of aliphatic hydroxyl groups excluding tert-OH is 1. The average Bonchev–Trinajstić information content (AvgIpc) is 2.43. The van der Waals surface area contributed by atoms with Gasteiger partial charge < -0.3 is 15.7 Å². The van der Waals surface area contributed by atoms with E-state index in [2.05, 4.69) is 10.6 Å². The third-order valence-electron chi connectivity index (χ3n) is 3.21. The maximum Gasteiger partial charge on any atom is 0.313 e. The van der Waals surface area contributed by atoms with E-state index in [-0.39, 0.29) is 18.6 Å². The fourth-order valence-electron chi connectivity index (χ4n) is 1.87. The first-order chi connectivity index (χ1) is 9.86. The highest BCUT2D eigenvalue weighted by atomic mass is 35.5. The number of carbonyl (C=O) groups excluding carboxylic acids is 2. The number of benzene rings is 1. The van der Waals surface area contributed by atoms with Gasteiger partial charge in [-0.1, -0.05) is 37.6 Å². The zero-order chi connectivity index (χ0) is 16.0. The van der Waals surface area contributed by atoms with Crippen LogP contribution < -0.4 is 10.6 Å². The monoisotopic (exact) mass is 312 g/mol. The van der Waals surface area contributed by atoms with E-state index in [1.165, 1.54) is 0 Å². The van der Waals surface area contributed by atoms with E-state index in [1.807, 2.05) is 26.8 Å². The van der Waals surface area contributed by atoms with Crippen LogP contribution in [-0.2, 0) is 9.59 Å². The Balaban J connectivity index is 2.70. The van der Waals surface area contributed by atoms with Gasteiger partial charge in [-0.25, -0.2) is 0 Å². The highest BCUT2D eigenvalue weighted by molar-refractivity contribution is 6.41. The second-order valence-corrected chi connectivity index (χ2v) is 5.60. The van der Waals surface area contributed by atoms with Crippen LogP contribution in [0.25, 0.3) is 0 Å². The van der Waals surface area contributed by atoms with Crippen molar-refractivity contribution < 1.29 is 14.7 Å². The first-order valence-corrected chi connectivity index (χ1v) is 7.22. The molecule has 3 N–H and O–H groups in total. The molecule has 0 saturated heterocycles. The predicted molar refractivity (Wildman–Crippen MR) is 83.3 cm³/mol.